The number of sulfonamides is 1. The van der Waals surface area contributed by atoms with Crippen LogP contribution in [0.25, 0.3) is 0 Å². The molecule has 0 radical (unpaired) electrons. The number of benzene rings is 2. The Bertz CT molecular complexity index is 982. The highest BCUT2D eigenvalue weighted by Gasteiger charge is 2.38. The molecule has 0 aliphatic carbocycles. The topological polar surface area (TPSA) is 66.9 Å². The highest BCUT2D eigenvalue weighted by Crippen LogP contribution is 2.36. The van der Waals surface area contributed by atoms with E-state index in [0.717, 1.165) is 16.7 Å². The summed E-state index contributed by atoms with van der Waals surface area (Å²) in [5.74, 6) is -0.0286. The summed E-state index contributed by atoms with van der Waals surface area (Å²) in [6.45, 7) is 4.46. The maximum absolute atomic E-state index is 13.5. The van der Waals surface area contributed by atoms with Crippen LogP contribution in [0.3, 0.4) is 0 Å². The van der Waals surface area contributed by atoms with Gasteiger partial charge in [0.15, 0.2) is 0 Å². The van der Waals surface area contributed by atoms with E-state index >= 15 is 0 Å². The largest absolute Gasteiger partial charge is 0.378 e. The van der Waals surface area contributed by atoms with Gasteiger partial charge in [0.05, 0.1) is 24.2 Å². The van der Waals surface area contributed by atoms with Gasteiger partial charge in [0.25, 0.3) is 0 Å². The zero-order chi connectivity index (χ0) is 20.4. The van der Waals surface area contributed by atoms with Crippen LogP contribution in [0, 0.1) is 6.92 Å². The molecule has 2 aromatic carbocycles. The number of hydrogen-bond donors (Lipinski definition) is 0. The van der Waals surface area contributed by atoms with Crippen LogP contribution in [-0.2, 0) is 26.0 Å². The summed E-state index contributed by atoms with van der Waals surface area (Å²) in [6, 6.07) is 14.2. The fourth-order valence-corrected chi connectivity index (χ4v) is 5.69. The third-order valence-electron chi connectivity index (χ3n) is 5.72. The van der Waals surface area contributed by atoms with Crippen molar-refractivity contribution in [1.29, 1.82) is 0 Å². The van der Waals surface area contributed by atoms with E-state index in [1.807, 2.05) is 31.2 Å². The van der Waals surface area contributed by atoms with Gasteiger partial charge in [-0.3, -0.25) is 4.79 Å². The first-order valence-electron chi connectivity index (χ1n) is 9.98. The Morgan fingerprint density at radius 2 is 1.72 bits per heavy atom. The molecule has 2 aliphatic rings. The minimum absolute atomic E-state index is 0.0286. The summed E-state index contributed by atoms with van der Waals surface area (Å²) in [5.41, 5.74) is 3.05. The average Bonchev–Trinajstić information content (AvgIpc) is 2.74. The molecule has 2 heterocycles. The van der Waals surface area contributed by atoms with Crippen molar-refractivity contribution < 1.29 is 17.9 Å². The number of carbonyl (C=O) groups is 1. The molecule has 154 valence electrons. The molecular formula is C22H26N2O4S. The van der Waals surface area contributed by atoms with Gasteiger partial charge in [0, 0.05) is 26.1 Å². The molecule has 2 aliphatic heterocycles. The van der Waals surface area contributed by atoms with Gasteiger partial charge < -0.3 is 9.64 Å². The average molecular weight is 415 g/mol. The second kappa shape index (κ2) is 8.26. The van der Waals surface area contributed by atoms with E-state index in [-0.39, 0.29) is 17.2 Å². The van der Waals surface area contributed by atoms with Crippen molar-refractivity contribution in [3.8, 4) is 0 Å². The first-order valence-corrected chi connectivity index (χ1v) is 11.4. The Hall–Kier alpha value is -2.22. The van der Waals surface area contributed by atoms with Crippen molar-refractivity contribution >= 4 is 15.9 Å². The van der Waals surface area contributed by atoms with Crippen molar-refractivity contribution in [2.75, 3.05) is 32.8 Å². The monoisotopic (exact) mass is 414 g/mol. The molecule has 0 bridgehead atoms. The minimum Gasteiger partial charge on any atom is -0.378 e. The molecular weight excluding hydrogens is 388 g/mol. The number of amides is 1. The van der Waals surface area contributed by atoms with Crippen LogP contribution in [0.15, 0.2) is 53.4 Å². The van der Waals surface area contributed by atoms with E-state index < -0.39 is 16.1 Å². The lowest BCUT2D eigenvalue weighted by molar-refractivity contribution is -0.136. The number of rotatable bonds is 4. The zero-order valence-electron chi connectivity index (χ0n) is 16.6. The van der Waals surface area contributed by atoms with Crippen LogP contribution in [0.5, 0.6) is 0 Å². The van der Waals surface area contributed by atoms with Crippen molar-refractivity contribution in [2.45, 2.75) is 30.7 Å². The Morgan fingerprint density at radius 3 is 2.45 bits per heavy atom. The standard InChI is InChI=1S/C22H26N2O4S/c1-17-6-8-19(9-7-17)29(26,27)24-11-10-18-4-2-3-5-20(18)21(24)16-22(25)23-12-14-28-15-13-23/h2-9,21H,10-16H2,1H3/t21-/m0/s1. The van der Waals surface area contributed by atoms with Crippen LogP contribution in [0.4, 0.5) is 0 Å². The number of fused-ring (bicyclic) bond motifs is 1. The number of morpholine rings is 1. The molecule has 29 heavy (non-hydrogen) atoms. The quantitative estimate of drug-likeness (QED) is 0.771. The van der Waals surface area contributed by atoms with E-state index in [4.69, 9.17) is 4.74 Å². The fraction of sp³-hybridized carbons (Fsp3) is 0.409. The maximum atomic E-state index is 13.5. The normalized spacial score (nSPS) is 20.3. The SMILES string of the molecule is Cc1ccc(S(=O)(=O)N2CCc3ccccc3[C@@H]2CC(=O)N2CCOCC2)cc1. The Labute approximate surface area is 172 Å². The lowest BCUT2D eigenvalue weighted by atomic mass is 9.92. The molecule has 2 aromatic rings. The fourth-order valence-electron chi connectivity index (χ4n) is 4.08. The van der Waals surface area contributed by atoms with Gasteiger partial charge in [-0.15, -0.1) is 0 Å². The smallest absolute Gasteiger partial charge is 0.243 e. The van der Waals surface area contributed by atoms with Gasteiger partial charge in [0.1, 0.15) is 0 Å². The molecule has 1 fully saturated rings. The van der Waals surface area contributed by atoms with Gasteiger partial charge in [0.2, 0.25) is 15.9 Å². The van der Waals surface area contributed by atoms with E-state index in [1.165, 1.54) is 4.31 Å². The van der Waals surface area contributed by atoms with Crippen molar-refractivity contribution in [1.82, 2.24) is 9.21 Å². The van der Waals surface area contributed by atoms with Gasteiger partial charge in [-0.05, 0) is 36.6 Å². The second-order valence-corrected chi connectivity index (χ2v) is 9.48. The molecule has 1 atom stereocenters. The number of nitrogens with zero attached hydrogens (tertiary/aromatic N) is 2. The second-order valence-electron chi connectivity index (χ2n) is 7.59. The molecule has 0 N–H and O–H groups in total. The van der Waals surface area contributed by atoms with Crippen molar-refractivity contribution in [3.63, 3.8) is 0 Å². The van der Waals surface area contributed by atoms with Gasteiger partial charge in [-0.1, -0.05) is 42.0 Å². The van der Waals surface area contributed by atoms with Crippen molar-refractivity contribution in [2.24, 2.45) is 0 Å². The molecule has 4 rings (SSSR count). The summed E-state index contributed by atoms with van der Waals surface area (Å²) >= 11 is 0. The Morgan fingerprint density at radius 1 is 1.03 bits per heavy atom. The molecule has 1 amide bonds. The number of carbonyl (C=O) groups excluding carboxylic acids is 1. The first kappa shape index (κ1) is 20.1. The molecule has 7 heteroatoms. The van der Waals surface area contributed by atoms with Gasteiger partial charge in [-0.25, -0.2) is 8.42 Å². The highest BCUT2D eigenvalue weighted by atomic mass is 32.2. The number of ether oxygens (including phenoxy) is 1. The Kier molecular flexibility index (Phi) is 5.72. The van der Waals surface area contributed by atoms with Gasteiger partial charge >= 0.3 is 0 Å². The van der Waals surface area contributed by atoms with E-state index in [1.54, 1.807) is 29.2 Å². The molecule has 0 spiro atoms. The summed E-state index contributed by atoms with van der Waals surface area (Å²) in [6.07, 6.45) is 0.783. The third-order valence-corrected chi connectivity index (χ3v) is 7.64. The molecule has 0 unspecified atom stereocenters. The first-order chi connectivity index (χ1) is 14.0. The van der Waals surface area contributed by atoms with Crippen LogP contribution in [-0.4, -0.2) is 56.4 Å². The maximum Gasteiger partial charge on any atom is 0.243 e. The lowest BCUT2D eigenvalue weighted by Gasteiger charge is -2.37. The zero-order valence-corrected chi connectivity index (χ0v) is 17.4. The predicted molar refractivity (Wildman–Crippen MR) is 110 cm³/mol. The predicted octanol–water partition coefficient (Wildman–Crippen LogP) is 2.53. The molecule has 1 saturated heterocycles. The number of aryl methyl sites for hydroxylation is 1. The van der Waals surface area contributed by atoms with Crippen LogP contribution >= 0.6 is 0 Å². The lowest BCUT2D eigenvalue weighted by Crippen LogP contribution is -2.45. The van der Waals surface area contributed by atoms with E-state index in [0.29, 0.717) is 39.3 Å². The number of hydrogen-bond acceptors (Lipinski definition) is 4. The third kappa shape index (κ3) is 4.08. The Balaban J connectivity index is 1.68. The summed E-state index contributed by atoms with van der Waals surface area (Å²) in [4.78, 5) is 15.0. The van der Waals surface area contributed by atoms with Crippen molar-refractivity contribution in [3.05, 3.63) is 65.2 Å². The van der Waals surface area contributed by atoms with E-state index in [9.17, 15) is 13.2 Å². The summed E-state index contributed by atoms with van der Waals surface area (Å²) < 4.78 is 33.8. The van der Waals surface area contributed by atoms with Gasteiger partial charge in [-0.2, -0.15) is 4.31 Å². The minimum atomic E-state index is -3.71. The van der Waals surface area contributed by atoms with Crippen LogP contribution in [0.1, 0.15) is 29.2 Å². The molecule has 6 nitrogen and oxygen atoms in total. The van der Waals surface area contributed by atoms with Crippen LogP contribution < -0.4 is 0 Å². The highest BCUT2D eigenvalue weighted by molar-refractivity contribution is 7.89. The molecule has 0 aromatic heterocycles. The van der Waals surface area contributed by atoms with Crippen LogP contribution in [0.2, 0.25) is 0 Å². The summed E-state index contributed by atoms with van der Waals surface area (Å²) in [5, 5.41) is 0. The molecule has 0 saturated carbocycles. The van der Waals surface area contributed by atoms with E-state index in [2.05, 4.69) is 0 Å². The summed E-state index contributed by atoms with van der Waals surface area (Å²) in [7, 11) is -3.71.